The van der Waals surface area contributed by atoms with Crippen LogP contribution < -0.4 is 0 Å². The maximum Gasteiger partial charge on any atom is 0.194 e. The van der Waals surface area contributed by atoms with Gasteiger partial charge in [0, 0.05) is 19.0 Å². The third kappa shape index (κ3) is 2.66. The number of halogens is 4. The number of aliphatic hydroxyl groups excluding tert-OH is 1. The normalized spacial score (nSPS) is 12.8. The van der Waals surface area contributed by atoms with E-state index < -0.39 is 23.6 Å². The van der Waals surface area contributed by atoms with E-state index >= 15 is 0 Å². The summed E-state index contributed by atoms with van der Waals surface area (Å²) in [6.45, 7) is 1.71. The van der Waals surface area contributed by atoms with Crippen LogP contribution in [0.2, 0.25) is 5.15 Å². The molecular weight excluding hydrogens is 293 g/mol. The van der Waals surface area contributed by atoms with Gasteiger partial charge in [-0.25, -0.2) is 13.2 Å². The van der Waals surface area contributed by atoms with Gasteiger partial charge in [0.2, 0.25) is 0 Å². The number of hydrogen-bond acceptors (Lipinski definition) is 2. The summed E-state index contributed by atoms with van der Waals surface area (Å²) in [4.78, 5) is 0. The smallest absolute Gasteiger partial charge is 0.194 e. The molecule has 0 radical (unpaired) electrons. The summed E-state index contributed by atoms with van der Waals surface area (Å²) < 4.78 is 40.6. The monoisotopic (exact) mass is 304 g/mol. The molecule has 1 heterocycles. The Hall–Kier alpha value is -1.53. The minimum Gasteiger partial charge on any atom is -0.388 e. The summed E-state index contributed by atoms with van der Waals surface area (Å²) in [7, 11) is 1.64. The third-order valence-corrected chi connectivity index (χ3v) is 3.53. The molecule has 1 unspecified atom stereocenters. The van der Waals surface area contributed by atoms with Crippen molar-refractivity contribution < 1.29 is 18.3 Å². The zero-order valence-electron chi connectivity index (χ0n) is 10.8. The number of rotatable bonds is 3. The fourth-order valence-corrected chi connectivity index (χ4v) is 2.24. The number of hydrogen-bond donors (Lipinski definition) is 1. The van der Waals surface area contributed by atoms with E-state index in [2.05, 4.69) is 5.10 Å². The van der Waals surface area contributed by atoms with Gasteiger partial charge in [-0.05, 0) is 24.6 Å². The number of aliphatic hydroxyl groups is 1. The average molecular weight is 305 g/mol. The molecule has 1 aromatic heterocycles. The van der Waals surface area contributed by atoms with E-state index in [1.165, 1.54) is 4.68 Å². The van der Waals surface area contributed by atoms with E-state index in [1.807, 2.05) is 0 Å². The van der Waals surface area contributed by atoms with Crippen molar-refractivity contribution in [3.05, 3.63) is 51.6 Å². The van der Waals surface area contributed by atoms with Crippen molar-refractivity contribution in [2.75, 3.05) is 0 Å². The van der Waals surface area contributed by atoms with E-state index in [0.29, 0.717) is 16.4 Å². The molecule has 0 spiro atoms. The maximum atomic E-state index is 13.1. The van der Waals surface area contributed by atoms with Crippen molar-refractivity contribution in [2.45, 2.75) is 19.4 Å². The van der Waals surface area contributed by atoms with Gasteiger partial charge in [-0.1, -0.05) is 11.6 Å². The minimum absolute atomic E-state index is 0.0308. The zero-order chi connectivity index (χ0) is 15.0. The highest BCUT2D eigenvalue weighted by atomic mass is 35.5. The van der Waals surface area contributed by atoms with Gasteiger partial charge in [-0.2, -0.15) is 5.10 Å². The van der Waals surface area contributed by atoms with Crippen molar-refractivity contribution in [3.8, 4) is 0 Å². The molecule has 0 aliphatic heterocycles. The van der Waals surface area contributed by atoms with Crippen LogP contribution in [0.15, 0.2) is 12.1 Å². The Morgan fingerprint density at radius 1 is 1.30 bits per heavy atom. The van der Waals surface area contributed by atoms with Crippen molar-refractivity contribution in [1.82, 2.24) is 9.78 Å². The van der Waals surface area contributed by atoms with E-state index in [9.17, 15) is 18.3 Å². The maximum absolute atomic E-state index is 13.1. The summed E-state index contributed by atoms with van der Waals surface area (Å²) in [5, 5.41) is 14.4. The molecule has 0 saturated heterocycles. The number of aryl methyl sites for hydroxylation is 2. The summed E-state index contributed by atoms with van der Waals surface area (Å²) >= 11 is 6.01. The molecule has 20 heavy (non-hydrogen) atoms. The van der Waals surface area contributed by atoms with Crippen LogP contribution >= 0.6 is 11.6 Å². The summed E-state index contributed by atoms with van der Waals surface area (Å²) in [6, 6.07) is 1.53. The highest BCUT2D eigenvalue weighted by Crippen LogP contribution is 2.27. The number of benzene rings is 1. The summed E-state index contributed by atoms with van der Waals surface area (Å²) in [6.07, 6.45) is -1.18. The lowest BCUT2D eigenvalue weighted by Crippen LogP contribution is -2.05. The predicted octanol–water partition coefficient (Wildman–Crippen LogP) is 3.08. The molecule has 108 valence electrons. The van der Waals surface area contributed by atoms with E-state index in [-0.39, 0.29) is 12.0 Å². The van der Waals surface area contributed by atoms with Crippen LogP contribution in [-0.2, 0) is 13.5 Å². The van der Waals surface area contributed by atoms with Gasteiger partial charge in [0.25, 0.3) is 0 Å². The van der Waals surface area contributed by atoms with Gasteiger partial charge in [0.05, 0.1) is 11.8 Å². The first kappa shape index (κ1) is 14.9. The van der Waals surface area contributed by atoms with Gasteiger partial charge < -0.3 is 5.11 Å². The Labute approximate surface area is 118 Å². The van der Waals surface area contributed by atoms with Gasteiger partial charge in [-0.3, -0.25) is 4.68 Å². The fourth-order valence-electron chi connectivity index (χ4n) is 1.98. The topological polar surface area (TPSA) is 38.0 Å². The van der Waals surface area contributed by atoms with Crippen LogP contribution in [0.25, 0.3) is 0 Å². The Balaban J connectivity index is 2.31. The van der Waals surface area contributed by atoms with Crippen LogP contribution in [0.1, 0.15) is 22.9 Å². The first-order chi connectivity index (χ1) is 9.31. The summed E-state index contributed by atoms with van der Waals surface area (Å²) in [5.74, 6) is -4.24. The molecule has 0 aliphatic rings. The lowest BCUT2D eigenvalue weighted by molar-refractivity contribution is 0.177. The molecule has 0 aliphatic carbocycles. The van der Waals surface area contributed by atoms with Crippen molar-refractivity contribution in [3.63, 3.8) is 0 Å². The Morgan fingerprint density at radius 2 is 1.85 bits per heavy atom. The van der Waals surface area contributed by atoms with Crippen LogP contribution in [-0.4, -0.2) is 14.9 Å². The molecule has 0 bridgehead atoms. The SMILES string of the molecule is Cc1nn(C)c(Cl)c1CC(O)c1cc(F)c(F)c(F)c1. The van der Waals surface area contributed by atoms with E-state index in [1.54, 1.807) is 14.0 Å². The number of aromatic nitrogens is 2. The molecule has 1 N–H and O–H groups in total. The highest BCUT2D eigenvalue weighted by Gasteiger charge is 2.19. The van der Waals surface area contributed by atoms with Crippen LogP contribution in [0.3, 0.4) is 0 Å². The van der Waals surface area contributed by atoms with Gasteiger partial charge in [0.1, 0.15) is 5.15 Å². The minimum atomic E-state index is -1.56. The quantitative estimate of drug-likeness (QED) is 0.885. The van der Waals surface area contributed by atoms with Crippen molar-refractivity contribution in [1.29, 1.82) is 0 Å². The second-order valence-corrected chi connectivity index (χ2v) is 4.85. The zero-order valence-corrected chi connectivity index (χ0v) is 11.5. The first-order valence-corrected chi connectivity index (χ1v) is 6.19. The Bertz CT molecular complexity index is 634. The molecule has 1 atom stereocenters. The Kier molecular flexibility index (Phi) is 4.06. The van der Waals surface area contributed by atoms with Crippen LogP contribution in [0.4, 0.5) is 13.2 Å². The van der Waals surface area contributed by atoms with Gasteiger partial charge >= 0.3 is 0 Å². The predicted molar refractivity (Wildman–Crippen MR) is 67.9 cm³/mol. The van der Waals surface area contributed by atoms with Crippen molar-refractivity contribution in [2.24, 2.45) is 7.05 Å². The molecule has 7 heteroatoms. The van der Waals surface area contributed by atoms with E-state index in [0.717, 1.165) is 12.1 Å². The second-order valence-electron chi connectivity index (χ2n) is 4.50. The lowest BCUT2D eigenvalue weighted by Gasteiger charge is -2.11. The molecule has 0 fully saturated rings. The molecule has 0 saturated carbocycles. The van der Waals surface area contributed by atoms with Crippen LogP contribution in [0.5, 0.6) is 0 Å². The highest BCUT2D eigenvalue weighted by molar-refractivity contribution is 6.30. The Morgan fingerprint density at radius 3 is 2.30 bits per heavy atom. The standard InChI is InChI=1S/C13H12ClF3N2O/c1-6-8(13(14)19(2)18-6)5-11(20)7-3-9(15)12(17)10(16)4-7/h3-4,11,20H,5H2,1-2H3. The first-order valence-electron chi connectivity index (χ1n) is 5.81. The van der Waals surface area contributed by atoms with Gasteiger partial charge in [-0.15, -0.1) is 0 Å². The van der Waals surface area contributed by atoms with Crippen molar-refractivity contribution >= 4 is 11.6 Å². The third-order valence-electron chi connectivity index (χ3n) is 3.06. The molecule has 0 amide bonds. The molecular formula is C13H12ClF3N2O. The molecule has 1 aromatic carbocycles. The molecule has 2 rings (SSSR count). The summed E-state index contributed by atoms with van der Waals surface area (Å²) in [5.41, 5.74) is 1.13. The molecule has 2 aromatic rings. The lowest BCUT2D eigenvalue weighted by atomic mass is 10.0. The second kappa shape index (κ2) is 5.46. The molecule has 3 nitrogen and oxygen atoms in total. The average Bonchev–Trinajstić information content (AvgIpc) is 2.62. The number of nitrogens with zero attached hydrogens (tertiary/aromatic N) is 2. The largest absolute Gasteiger partial charge is 0.388 e. The van der Waals surface area contributed by atoms with E-state index in [4.69, 9.17) is 11.6 Å². The fraction of sp³-hybridized carbons (Fsp3) is 0.308. The van der Waals surface area contributed by atoms with Gasteiger partial charge in [0.15, 0.2) is 17.5 Å². The van der Waals surface area contributed by atoms with Crippen LogP contribution in [0, 0.1) is 24.4 Å².